The number of ether oxygens (including phenoxy) is 3. The Balaban J connectivity index is 1.33. The van der Waals surface area contributed by atoms with E-state index in [1.165, 1.54) is 5.56 Å². The molecule has 0 bridgehead atoms. The Kier molecular flexibility index (Phi) is 5.29. The van der Waals surface area contributed by atoms with Crippen LogP contribution in [0.5, 0.6) is 17.2 Å². The van der Waals surface area contributed by atoms with E-state index in [9.17, 15) is 4.79 Å². The number of hydrogen-bond acceptors (Lipinski definition) is 9. The number of aromatic nitrogens is 4. The SMILES string of the molecule is NC1(c2nn[nH]n2)COc2cccc(C(=O)c3ccc(OCCc4ccsc4)cc3)c2O1. The van der Waals surface area contributed by atoms with Crippen LogP contribution in [-0.2, 0) is 12.1 Å². The predicted molar refractivity (Wildman–Crippen MR) is 116 cm³/mol. The minimum absolute atomic E-state index is 0.0193. The maximum absolute atomic E-state index is 13.2. The first-order chi connectivity index (χ1) is 15.6. The lowest BCUT2D eigenvalue weighted by Gasteiger charge is -2.33. The zero-order valence-electron chi connectivity index (χ0n) is 16.9. The summed E-state index contributed by atoms with van der Waals surface area (Å²) < 4.78 is 17.5. The van der Waals surface area contributed by atoms with Crippen LogP contribution in [0.2, 0.25) is 0 Å². The van der Waals surface area contributed by atoms with Gasteiger partial charge in [0.25, 0.3) is 5.72 Å². The second-order valence-electron chi connectivity index (χ2n) is 7.23. The Bertz CT molecular complexity index is 1210. The van der Waals surface area contributed by atoms with Gasteiger partial charge in [-0.1, -0.05) is 6.07 Å². The Labute approximate surface area is 187 Å². The van der Waals surface area contributed by atoms with Gasteiger partial charge in [-0.15, -0.1) is 10.2 Å². The molecule has 4 aromatic rings. The number of nitrogens with zero attached hydrogens (tertiary/aromatic N) is 3. The highest BCUT2D eigenvalue weighted by molar-refractivity contribution is 7.07. The summed E-state index contributed by atoms with van der Waals surface area (Å²) in [6.07, 6.45) is 0.832. The number of nitrogens with two attached hydrogens (primary N) is 1. The van der Waals surface area contributed by atoms with Gasteiger partial charge >= 0.3 is 0 Å². The number of carbonyl (C=O) groups excluding carboxylic acids is 1. The van der Waals surface area contributed by atoms with Crippen LogP contribution in [-0.4, -0.2) is 39.6 Å². The predicted octanol–water partition coefficient (Wildman–Crippen LogP) is 2.70. The fourth-order valence-corrected chi connectivity index (χ4v) is 4.04. The molecule has 1 aliphatic rings. The zero-order valence-corrected chi connectivity index (χ0v) is 17.7. The third-order valence-electron chi connectivity index (χ3n) is 5.03. The van der Waals surface area contributed by atoms with Gasteiger partial charge in [0.05, 0.1) is 12.2 Å². The lowest BCUT2D eigenvalue weighted by molar-refractivity contribution is -0.0154. The van der Waals surface area contributed by atoms with Gasteiger partial charge in [0.2, 0.25) is 5.82 Å². The molecule has 162 valence electrons. The summed E-state index contributed by atoms with van der Waals surface area (Å²) >= 11 is 1.67. The minimum Gasteiger partial charge on any atom is -0.493 e. The van der Waals surface area contributed by atoms with E-state index in [1.54, 1.807) is 53.8 Å². The highest BCUT2D eigenvalue weighted by Gasteiger charge is 2.41. The monoisotopic (exact) mass is 449 g/mol. The third-order valence-corrected chi connectivity index (χ3v) is 5.76. The van der Waals surface area contributed by atoms with Crippen molar-refractivity contribution in [2.24, 2.45) is 5.73 Å². The first kappa shape index (κ1) is 20.2. The van der Waals surface area contributed by atoms with Gasteiger partial charge in [0, 0.05) is 12.0 Å². The van der Waals surface area contributed by atoms with Crippen LogP contribution >= 0.6 is 11.3 Å². The molecule has 10 heteroatoms. The topological polar surface area (TPSA) is 125 Å². The molecular weight excluding hydrogens is 430 g/mol. The van der Waals surface area contributed by atoms with Gasteiger partial charge in [-0.2, -0.15) is 16.6 Å². The van der Waals surface area contributed by atoms with E-state index >= 15 is 0 Å². The summed E-state index contributed by atoms with van der Waals surface area (Å²) in [5, 5.41) is 17.8. The standard InChI is InChI=1S/C22H19N5O4S/c23-22(21-24-26-27-25-21)13-30-18-3-1-2-17(20(18)31-22)19(28)15-4-6-16(7-5-15)29-10-8-14-9-11-32-12-14/h1-7,9,11-12H,8,10,13,23H2,(H,24,25,26,27). The van der Waals surface area contributed by atoms with Crippen molar-refractivity contribution >= 4 is 17.1 Å². The highest BCUT2D eigenvalue weighted by atomic mass is 32.1. The maximum Gasteiger partial charge on any atom is 0.257 e. The first-order valence-electron chi connectivity index (χ1n) is 9.89. The number of tetrazole rings is 1. The molecule has 0 saturated carbocycles. The molecule has 3 N–H and O–H groups in total. The largest absolute Gasteiger partial charge is 0.493 e. The van der Waals surface area contributed by atoms with E-state index in [0.717, 1.165) is 6.42 Å². The minimum atomic E-state index is -1.46. The second-order valence-corrected chi connectivity index (χ2v) is 8.01. The third kappa shape index (κ3) is 3.93. The van der Waals surface area contributed by atoms with E-state index < -0.39 is 5.72 Å². The highest BCUT2D eigenvalue weighted by Crippen LogP contribution is 2.40. The first-order valence-corrected chi connectivity index (χ1v) is 10.8. The van der Waals surface area contributed by atoms with Gasteiger partial charge in [-0.25, -0.2) is 0 Å². The lowest BCUT2D eigenvalue weighted by Crippen LogP contribution is -2.51. The number of carbonyl (C=O) groups is 1. The van der Waals surface area contributed by atoms with Crippen molar-refractivity contribution in [3.63, 3.8) is 0 Å². The number of fused-ring (bicyclic) bond motifs is 1. The molecule has 9 nitrogen and oxygen atoms in total. The molecule has 0 radical (unpaired) electrons. The van der Waals surface area contributed by atoms with Crippen LogP contribution in [0.15, 0.2) is 59.3 Å². The fraction of sp³-hybridized carbons (Fsp3) is 0.182. The van der Waals surface area contributed by atoms with E-state index in [2.05, 4.69) is 32.1 Å². The molecular formula is C22H19N5O4S. The molecule has 0 saturated heterocycles. The molecule has 2 aromatic carbocycles. The van der Waals surface area contributed by atoms with Gasteiger partial charge < -0.3 is 14.2 Å². The Morgan fingerprint density at radius 1 is 1.22 bits per heavy atom. The summed E-state index contributed by atoms with van der Waals surface area (Å²) in [4.78, 5) is 13.2. The number of para-hydroxylation sites is 1. The van der Waals surface area contributed by atoms with Crippen LogP contribution in [0.1, 0.15) is 27.3 Å². The summed E-state index contributed by atoms with van der Waals surface area (Å²) in [6, 6.07) is 14.2. The van der Waals surface area contributed by atoms with Crippen molar-refractivity contribution in [1.29, 1.82) is 0 Å². The molecule has 0 fully saturated rings. The average Bonchev–Trinajstić information content (AvgIpc) is 3.54. The van der Waals surface area contributed by atoms with Crippen LogP contribution in [0.3, 0.4) is 0 Å². The van der Waals surface area contributed by atoms with Crippen molar-refractivity contribution in [2.75, 3.05) is 13.2 Å². The number of thiophene rings is 1. The Hall–Kier alpha value is -3.76. The quantitative estimate of drug-likeness (QED) is 0.413. The Morgan fingerprint density at radius 2 is 2.09 bits per heavy atom. The molecule has 1 atom stereocenters. The number of H-pyrrole nitrogens is 1. The molecule has 32 heavy (non-hydrogen) atoms. The van der Waals surface area contributed by atoms with Gasteiger partial charge in [-0.3, -0.25) is 10.5 Å². The van der Waals surface area contributed by atoms with Crippen molar-refractivity contribution < 1.29 is 19.0 Å². The number of aromatic amines is 1. The van der Waals surface area contributed by atoms with E-state index in [4.69, 9.17) is 19.9 Å². The van der Waals surface area contributed by atoms with Gasteiger partial charge in [0.15, 0.2) is 17.3 Å². The van der Waals surface area contributed by atoms with Crippen LogP contribution < -0.4 is 19.9 Å². The number of ketones is 1. The van der Waals surface area contributed by atoms with Crippen molar-refractivity contribution in [1.82, 2.24) is 20.6 Å². The number of benzene rings is 2. The normalized spacial score (nSPS) is 17.2. The molecule has 0 amide bonds. The summed E-state index contributed by atoms with van der Waals surface area (Å²) in [7, 11) is 0. The van der Waals surface area contributed by atoms with E-state index in [1.807, 2.05) is 5.38 Å². The van der Waals surface area contributed by atoms with E-state index in [0.29, 0.717) is 29.2 Å². The fourth-order valence-electron chi connectivity index (χ4n) is 3.34. The molecule has 0 aliphatic carbocycles. The maximum atomic E-state index is 13.2. The van der Waals surface area contributed by atoms with Crippen LogP contribution in [0.4, 0.5) is 0 Å². The smallest absolute Gasteiger partial charge is 0.257 e. The Morgan fingerprint density at radius 3 is 2.84 bits per heavy atom. The average molecular weight is 449 g/mol. The molecule has 1 unspecified atom stereocenters. The van der Waals surface area contributed by atoms with Crippen LogP contribution in [0, 0.1) is 0 Å². The van der Waals surface area contributed by atoms with Gasteiger partial charge in [0.1, 0.15) is 12.4 Å². The molecule has 3 heterocycles. The number of nitrogens with one attached hydrogen (secondary N) is 1. The molecule has 1 aliphatic heterocycles. The van der Waals surface area contributed by atoms with Gasteiger partial charge in [-0.05, 0) is 64.0 Å². The van der Waals surface area contributed by atoms with E-state index in [-0.39, 0.29) is 24.0 Å². The molecule has 0 spiro atoms. The molecule has 5 rings (SSSR count). The van der Waals surface area contributed by atoms with Crippen molar-refractivity contribution in [3.05, 3.63) is 81.8 Å². The zero-order chi connectivity index (χ0) is 22.0. The summed E-state index contributed by atoms with van der Waals surface area (Å²) in [5.74, 6) is 1.27. The summed E-state index contributed by atoms with van der Waals surface area (Å²) in [5.41, 5.74) is 6.88. The second kappa shape index (κ2) is 8.40. The van der Waals surface area contributed by atoms with Crippen LogP contribution in [0.25, 0.3) is 0 Å². The van der Waals surface area contributed by atoms with Crippen molar-refractivity contribution in [3.8, 4) is 17.2 Å². The van der Waals surface area contributed by atoms with Crippen molar-refractivity contribution in [2.45, 2.75) is 12.1 Å². The number of hydrogen-bond donors (Lipinski definition) is 2. The summed E-state index contributed by atoms with van der Waals surface area (Å²) in [6.45, 7) is 0.546. The molecule has 2 aromatic heterocycles. The number of rotatable bonds is 7. The lowest BCUT2D eigenvalue weighted by atomic mass is 10.0.